The Labute approximate surface area is 110 Å². The number of hydrogen-bond acceptors (Lipinski definition) is 2. The molecule has 1 amide bonds. The van der Waals surface area contributed by atoms with Crippen LogP contribution in [-0.2, 0) is 0 Å². The minimum Gasteiger partial charge on any atom is -0.410 e. The molecule has 0 atom stereocenters. The molecule has 0 spiro atoms. The van der Waals surface area contributed by atoms with Crippen molar-refractivity contribution in [2.45, 2.75) is 0 Å². The van der Waals surface area contributed by atoms with Crippen molar-refractivity contribution >= 4 is 17.9 Å². The maximum absolute atomic E-state index is 13.6. The molecule has 2 aromatic rings. The van der Waals surface area contributed by atoms with Gasteiger partial charge in [-0.1, -0.05) is 43.0 Å². The van der Waals surface area contributed by atoms with Crippen molar-refractivity contribution in [2.75, 3.05) is 5.32 Å². The summed E-state index contributed by atoms with van der Waals surface area (Å²) in [5.41, 5.74) is 0.545. The molecule has 0 unspecified atom stereocenters. The smallest absolute Gasteiger partial charge is 0.410 e. The number of benzene rings is 2. The van der Waals surface area contributed by atoms with Crippen LogP contribution < -0.4 is 10.1 Å². The van der Waals surface area contributed by atoms with Gasteiger partial charge in [0.25, 0.3) is 0 Å². The Morgan fingerprint density at radius 1 is 1.16 bits per heavy atom. The van der Waals surface area contributed by atoms with Gasteiger partial charge in [-0.25, -0.2) is 9.18 Å². The molecule has 19 heavy (non-hydrogen) atoms. The van der Waals surface area contributed by atoms with E-state index in [0.717, 1.165) is 0 Å². The van der Waals surface area contributed by atoms with Crippen LogP contribution in [0.5, 0.6) is 5.75 Å². The minimum atomic E-state index is -0.751. The molecule has 0 aliphatic carbocycles. The zero-order valence-electron chi connectivity index (χ0n) is 10.1. The van der Waals surface area contributed by atoms with Gasteiger partial charge in [-0.2, -0.15) is 0 Å². The average Bonchev–Trinajstić information content (AvgIpc) is 2.42. The number of carbonyl (C=O) groups is 1. The molecule has 4 heteroatoms. The summed E-state index contributed by atoms with van der Waals surface area (Å²) in [4.78, 5) is 11.7. The SMILES string of the molecule is C=Cc1cccc(F)c1NC(=O)Oc1ccccc1. The summed E-state index contributed by atoms with van der Waals surface area (Å²) in [5.74, 6) is -0.154. The van der Waals surface area contributed by atoms with Crippen molar-refractivity contribution in [3.8, 4) is 5.75 Å². The van der Waals surface area contributed by atoms with Crippen molar-refractivity contribution < 1.29 is 13.9 Å². The Morgan fingerprint density at radius 3 is 2.58 bits per heavy atom. The van der Waals surface area contributed by atoms with Gasteiger partial charge >= 0.3 is 6.09 Å². The van der Waals surface area contributed by atoms with Gasteiger partial charge in [-0.3, -0.25) is 5.32 Å². The van der Waals surface area contributed by atoms with Crippen LogP contribution in [0.1, 0.15) is 5.56 Å². The Hall–Kier alpha value is -2.62. The van der Waals surface area contributed by atoms with Crippen LogP contribution in [0, 0.1) is 5.82 Å². The van der Waals surface area contributed by atoms with E-state index in [1.54, 1.807) is 42.5 Å². The van der Waals surface area contributed by atoms with Crippen molar-refractivity contribution in [3.63, 3.8) is 0 Å². The first-order valence-corrected chi connectivity index (χ1v) is 5.65. The van der Waals surface area contributed by atoms with Crippen LogP contribution in [0.15, 0.2) is 55.1 Å². The number of nitrogens with one attached hydrogen (secondary N) is 1. The second-order valence-corrected chi connectivity index (χ2v) is 3.74. The molecule has 0 saturated carbocycles. The lowest BCUT2D eigenvalue weighted by molar-refractivity contribution is 0.215. The molecule has 0 aliphatic rings. The molecular weight excluding hydrogens is 245 g/mol. The molecule has 2 aromatic carbocycles. The molecule has 0 radical (unpaired) electrons. The standard InChI is InChI=1S/C15H12FNO2/c1-2-11-7-6-10-13(16)14(11)17-15(18)19-12-8-4-3-5-9-12/h2-10H,1H2,(H,17,18). The minimum absolute atomic E-state index is 0.0541. The molecule has 0 heterocycles. The van der Waals surface area contributed by atoms with Gasteiger partial charge in [0.1, 0.15) is 11.6 Å². The highest BCUT2D eigenvalue weighted by Crippen LogP contribution is 2.21. The Kier molecular flexibility index (Phi) is 3.93. The molecule has 0 fully saturated rings. The van der Waals surface area contributed by atoms with E-state index in [1.165, 1.54) is 12.1 Å². The lowest BCUT2D eigenvalue weighted by Crippen LogP contribution is -2.18. The average molecular weight is 257 g/mol. The van der Waals surface area contributed by atoms with Crippen molar-refractivity contribution in [1.29, 1.82) is 0 Å². The van der Waals surface area contributed by atoms with E-state index in [4.69, 9.17) is 4.74 Å². The summed E-state index contributed by atoms with van der Waals surface area (Å²) < 4.78 is 18.6. The first-order chi connectivity index (χ1) is 9.20. The molecule has 2 rings (SSSR count). The van der Waals surface area contributed by atoms with E-state index >= 15 is 0 Å². The highest BCUT2D eigenvalue weighted by molar-refractivity contribution is 5.89. The van der Waals surface area contributed by atoms with Gasteiger partial charge in [-0.05, 0) is 18.2 Å². The summed E-state index contributed by atoms with van der Waals surface area (Å²) in [6.07, 6.45) is 0.709. The van der Waals surface area contributed by atoms with Gasteiger partial charge in [-0.15, -0.1) is 0 Å². The maximum atomic E-state index is 13.6. The second-order valence-electron chi connectivity index (χ2n) is 3.74. The molecule has 96 valence electrons. The maximum Gasteiger partial charge on any atom is 0.417 e. The fraction of sp³-hybridized carbons (Fsp3) is 0. The summed E-state index contributed by atoms with van der Waals surface area (Å²) in [6, 6.07) is 13.0. The molecule has 0 aliphatic heterocycles. The first-order valence-electron chi connectivity index (χ1n) is 5.65. The number of rotatable bonds is 3. The lowest BCUT2D eigenvalue weighted by Gasteiger charge is -2.09. The molecule has 1 N–H and O–H groups in total. The number of amides is 1. The third kappa shape index (κ3) is 3.19. The summed E-state index contributed by atoms with van der Waals surface area (Å²) in [5, 5.41) is 2.37. The third-order valence-electron chi connectivity index (χ3n) is 2.45. The van der Waals surface area contributed by atoms with Crippen LogP contribution in [0.4, 0.5) is 14.9 Å². The molecular formula is C15H12FNO2. The number of halogens is 1. The Bertz CT molecular complexity index is 596. The van der Waals surface area contributed by atoms with E-state index in [-0.39, 0.29) is 5.69 Å². The number of carbonyl (C=O) groups excluding carboxylic acids is 1. The van der Waals surface area contributed by atoms with Crippen LogP contribution >= 0.6 is 0 Å². The third-order valence-corrected chi connectivity index (χ3v) is 2.45. The second kappa shape index (κ2) is 5.82. The topological polar surface area (TPSA) is 38.3 Å². The first kappa shape index (κ1) is 12.8. The lowest BCUT2D eigenvalue weighted by atomic mass is 10.1. The molecule has 3 nitrogen and oxygen atoms in total. The normalized spacial score (nSPS) is 9.74. The van der Waals surface area contributed by atoms with Crippen molar-refractivity contribution in [2.24, 2.45) is 0 Å². The molecule has 0 bridgehead atoms. The summed E-state index contributed by atoms with van der Waals surface area (Å²) >= 11 is 0. The number of hydrogen-bond donors (Lipinski definition) is 1. The quantitative estimate of drug-likeness (QED) is 0.899. The predicted molar refractivity (Wildman–Crippen MR) is 72.6 cm³/mol. The number of ether oxygens (including phenoxy) is 1. The summed E-state index contributed by atoms with van der Waals surface area (Å²) in [7, 11) is 0. The van der Waals surface area contributed by atoms with E-state index in [1.807, 2.05) is 0 Å². The van der Waals surface area contributed by atoms with Gasteiger partial charge in [0.15, 0.2) is 0 Å². The highest BCUT2D eigenvalue weighted by Gasteiger charge is 2.11. The van der Waals surface area contributed by atoms with Crippen LogP contribution in [0.25, 0.3) is 6.08 Å². The zero-order chi connectivity index (χ0) is 13.7. The Balaban J connectivity index is 2.13. The molecule has 0 saturated heterocycles. The van der Waals surface area contributed by atoms with E-state index < -0.39 is 11.9 Å². The molecule has 0 aromatic heterocycles. The van der Waals surface area contributed by atoms with E-state index in [9.17, 15) is 9.18 Å². The monoisotopic (exact) mass is 257 g/mol. The zero-order valence-corrected chi connectivity index (χ0v) is 10.1. The largest absolute Gasteiger partial charge is 0.417 e. The number of para-hydroxylation sites is 2. The highest BCUT2D eigenvalue weighted by atomic mass is 19.1. The van der Waals surface area contributed by atoms with Crippen molar-refractivity contribution in [3.05, 3.63) is 66.5 Å². The van der Waals surface area contributed by atoms with Gasteiger partial charge < -0.3 is 4.74 Å². The van der Waals surface area contributed by atoms with Crippen LogP contribution in [-0.4, -0.2) is 6.09 Å². The van der Waals surface area contributed by atoms with Crippen molar-refractivity contribution in [1.82, 2.24) is 0 Å². The predicted octanol–water partition coefficient (Wildman–Crippen LogP) is 4.08. The van der Waals surface area contributed by atoms with Gasteiger partial charge in [0, 0.05) is 5.56 Å². The summed E-state index contributed by atoms with van der Waals surface area (Å²) in [6.45, 7) is 3.57. The van der Waals surface area contributed by atoms with Crippen LogP contribution in [0.2, 0.25) is 0 Å². The van der Waals surface area contributed by atoms with E-state index in [2.05, 4.69) is 11.9 Å². The van der Waals surface area contributed by atoms with Gasteiger partial charge in [0.05, 0.1) is 5.69 Å². The fourth-order valence-electron chi connectivity index (χ4n) is 1.57. The van der Waals surface area contributed by atoms with Gasteiger partial charge in [0.2, 0.25) is 0 Å². The Morgan fingerprint density at radius 2 is 1.89 bits per heavy atom. The number of anilines is 1. The van der Waals surface area contributed by atoms with E-state index in [0.29, 0.717) is 11.3 Å². The fourth-order valence-corrected chi connectivity index (χ4v) is 1.57. The van der Waals surface area contributed by atoms with Crippen LogP contribution in [0.3, 0.4) is 0 Å².